The van der Waals surface area contributed by atoms with Gasteiger partial charge in [0.2, 0.25) is 5.91 Å². The number of amides is 1. The lowest BCUT2D eigenvalue weighted by atomic mass is 10.2. The Balaban J connectivity index is 0.00000256. The van der Waals surface area contributed by atoms with Crippen molar-refractivity contribution in [3.05, 3.63) is 21.9 Å². The molecule has 0 aliphatic heterocycles. The Bertz CT molecular complexity index is 339. The summed E-state index contributed by atoms with van der Waals surface area (Å²) in [6.45, 7) is 4.69. The average Bonchev–Trinajstić information content (AvgIpc) is 2.71. The number of hydrogen-bond acceptors (Lipinski definition) is 3. The molecule has 0 aliphatic carbocycles. The first kappa shape index (κ1) is 16.4. The van der Waals surface area contributed by atoms with Crippen LogP contribution >= 0.6 is 23.7 Å². The fourth-order valence-electron chi connectivity index (χ4n) is 1.34. The third kappa shape index (κ3) is 6.66. The molecule has 0 fully saturated rings. The maximum atomic E-state index is 11.4. The van der Waals surface area contributed by atoms with Gasteiger partial charge in [-0.1, -0.05) is 6.92 Å². The van der Waals surface area contributed by atoms with Crippen LogP contribution in [0.4, 0.5) is 0 Å². The summed E-state index contributed by atoms with van der Waals surface area (Å²) in [6.07, 6.45) is 2.32. The molecule has 1 atom stereocenters. The van der Waals surface area contributed by atoms with Crippen molar-refractivity contribution in [1.82, 2.24) is 5.32 Å². The highest BCUT2D eigenvalue weighted by atomic mass is 35.5. The van der Waals surface area contributed by atoms with Crippen LogP contribution in [0.3, 0.4) is 0 Å². The van der Waals surface area contributed by atoms with Gasteiger partial charge in [0.15, 0.2) is 0 Å². The third-order valence-electron chi connectivity index (χ3n) is 2.35. The molecule has 1 aromatic rings. The van der Waals surface area contributed by atoms with E-state index in [9.17, 15) is 4.79 Å². The molecule has 1 amide bonds. The van der Waals surface area contributed by atoms with Crippen LogP contribution in [-0.2, 0) is 17.8 Å². The lowest BCUT2D eigenvalue weighted by Gasteiger charge is -2.05. The van der Waals surface area contributed by atoms with E-state index in [1.165, 1.54) is 9.75 Å². The molecule has 3 nitrogen and oxygen atoms in total. The molecule has 1 aromatic heterocycles. The minimum absolute atomic E-state index is 0. The van der Waals surface area contributed by atoms with E-state index in [1.54, 1.807) is 11.3 Å². The van der Waals surface area contributed by atoms with Gasteiger partial charge in [-0.3, -0.25) is 4.79 Å². The van der Waals surface area contributed by atoms with Crippen molar-refractivity contribution < 1.29 is 4.79 Å². The minimum Gasteiger partial charge on any atom is -0.351 e. The molecule has 1 rings (SSSR count). The van der Waals surface area contributed by atoms with Crippen LogP contribution in [-0.4, -0.2) is 11.9 Å². The Kier molecular flexibility index (Phi) is 8.21. The lowest BCUT2D eigenvalue weighted by molar-refractivity contribution is -0.121. The predicted molar refractivity (Wildman–Crippen MR) is 75.7 cm³/mol. The van der Waals surface area contributed by atoms with Crippen molar-refractivity contribution in [3.63, 3.8) is 0 Å². The number of carbonyl (C=O) groups excluding carboxylic acids is 1. The standard InChI is InChI=1S/C12H20N2OS.ClH/c1-3-10-5-6-11(16-10)8-14-12(15)7-4-9(2)13;/h5-6,9H,3-4,7-8,13H2,1-2H3,(H,14,15);1H. The van der Waals surface area contributed by atoms with Gasteiger partial charge >= 0.3 is 0 Å². The molecule has 0 bridgehead atoms. The highest BCUT2D eigenvalue weighted by molar-refractivity contribution is 7.11. The summed E-state index contributed by atoms with van der Waals surface area (Å²) in [7, 11) is 0. The topological polar surface area (TPSA) is 55.1 Å². The number of nitrogens with one attached hydrogen (secondary N) is 1. The van der Waals surface area contributed by atoms with Gasteiger partial charge in [-0.25, -0.2) is 0 Å². The number of carbonyl (C=O) groups is 1. The molecular formula is C12H21ClN2OS. The molecule has 0 aromatic carbocycles. The Labute approximate surface area is 113 Å². The van der Waals surface area contributed by atoms with E-state index in [0.717, 1.165) is 12.8 Å². The second kappa shape index (κ2) is 8.50. The molecule has 0 aliphatic rings. The number of aryl methyl sites for hydroxylation is 1. The second-order valence-corrected chi connectivity index (χ2v) is 5.27. The van der Waals surface area contributed by atoms with Crippen molar-refractivity contribution in [1.29, 1.82) is 0 Å². The number of nitrogens with two attached hydrogens (primary N) is 1. The first-order valence-corrected chi connectivity index (χ1v) is 6.53. The van der Waals surface area contributed by atoms with E-state index in [1.807, 2.05) is 6.92 Å². The summed E-state index contributed by atoms with van der Waals surface area (Å²) in [5, 5.41) is 2.91. The summed E-state index contributed by atoms with van der Waals surface area (Å²) in [4.78, 5) is 14.0. The van der Waals surface area contributed by atoms with Crippen LogP contribution in [0, 0.1) is 0 Å². The van der Waals surface area contributed by atoms with E-state index >= 15 is 0 Å². The van der Waals surface area contributed by atoms with Gasteiger partial charge < -0.3 is 11.1 Å². The molecule has 0 radical (unpaired) electrons. The summed E-state index contributed by atoms with van der Waals surface area (Å²) in [5.41, 5.74) is 5.59. The Morgan fingerprint density at radius 2 is 2.12 bits per heavy atom. The van der Waals surface area contributed by atoms with Gasteiger partial charge in [-0.2, -0.15) is 0 Å². The van der Waals surface area contributed by atoms with E-state index in [0.29, 0.717) is 13.0 Å². The Hall–Kier alpha value is -0.580. The Morgan fingerprint density at radius 3 is 2.65 bits per heavy atom. The molecule has 0 spiro atoms. The fourth-order valence-corrected chi connectivity index (χ4v) is 2.24. The zero-order valence-corrected chi connectivity index (χ0v) is 12.0. The van der Waals surface area contributed by atoms with Crippen LogP contribution in [0.15, 0.2) is 12.1 Å². The zero-order chi connectivity index (χ0) is 12.0. The smallest absolute Gasteiger partial charge is 0.220 e. The van der Waals surface area contributed by atoms with Crippen LogP contribution in [0.1, 0.15) is 36.4 Å². The molecular weight excluding hydrogens is 256 g/mol. The first-order chi connectivity index (χ1) is 7.61. The van der Waals surface area contributed by atoms with Crippen LogP contribution in [0.2, 0.25) is 0 Å². The molecule has 5 heteroatoms. The molecule has 1 heterocycles. The number of rotatable bonds is 6. The molecule has 17 heavy (non-hydrogen) atoms. The van der Waals surface area contributed by atoms with Crippen molar-refractivity contribution in [2.75, 3.05) is 0 Å². The zero-order valence-electron chi connectivity index (χ0n) is 10.4. The highest BCUT2D eigenvalue weighted by Gasteiger charge is 2.04. The minimum atomic E-state index is 0. The maximum Gasteiger partial charge on any atom is 0.220 e. The third-order valence-corrected chi connectivity index (χ3v) is 3.58. The maximum absolute atomic E-state index is 11.4. The summed E-state index contributed by atoms with van der Waals surface area (Å²) in [5.74, 6) is 0.0868. The summed E-state index contributed by atoms with van der Waals surface area (Å²) >= 11 is 1.76. The van der Waals surface area contributed by atoms with Gasteiger partial charge in [0.1, 0.15) is 0 Å². The number of thiophene rings is 1. The quantitative estimate of drug-likeness (QED) is 0.839. The van der Waals surface area contributed by atoms with Crippen LogP contribution in [0.25, 0.3) is 0 Å². The number of halogens is 1. The average molecular weight is 277 g/mol. The predicted octanol–water partition coefficient (Wildman–Crippen LogP) is 2.48. The summed E-state index contributed by atoms with van der Waals surface area (Å²) in [6, 6.07) is 4.29. The van der Waals surface area contributed by atoms with Gasteiger partial charge in [-0.05, 0) is 31.9 Å². The molecule has 0 saturated carbocycles. The normalized spacial score (nSPS) is 11.7. The van der Waals surface area contributed by atoms with E-state index in [-0.39, 0.29) is 24.4 Å². The van der Waals surface area contributed by atoms with E-state index in [2.05, 4.69) is 24.4 Å². The van der Waals surface area contributed by atoms with E-state index < -0.39 is 0 Å². The lowest BCUT2D eigenvalue weighted by Crippen LogP contribution is -2.25. The van der Waals surface area contributed by atoms with Gasteiger partial charge in [0.05, 0.1) is 6.54 Å². The SMILES string of the molecule is CCc1ccc(CNC(=O)CCC(C)N)s1.Cl. The van der Waals surface area contributed by atoms with Gasteiger partial charge in [0, 0.05) is 22.2 Å². The molecule has 1 unspecified atom stereocenters. The van der Waals surface area contributed by atoms with Gasteiger partial charge in [-0.15, -0.1) is 23.7 Å². The molecule has 3 N–H and O–H groups in total. The molecule has 0 saturated heterocycles. The number of hydrogen-bond donors (Lipinski definition) is 2. The van der Waals surface area contributed by atoms with Crippen LogP contribution in [0.5, 0.6) is 0 Å². The van der Waals surface area contributed by atoms with Crippen molar-refractivity contribution in [2.24, 2.45) is 5.73 Å². The largest absolute Gasteiger partial charge is 0.351 e. The fraction of sp³-hybridized carbons (Fsp3) is 0.583. The highest BCUT2D eigenvalue weighted by Crippen LogP contribution is 2.16. The van der Waals surface area contributed by atoms with Crippen molar-refractivity contribution in [2.45, 2.75) is 45.7 Å². The van der Waals surface area contributed by atoms with Crippen LogP contribution < -0.4 is 11.1 Å². The monoisotopic (exact) mass is 276 g/mol. The first-order valence-electron chi connectivity index (χ1n) is 5.71. The van der Waals surface area contributed by atoms with Gasteiger partial charge in [0.25, 0.3) is 0 Å². The second-order valence-electron chi connectivity index (χ2n) is 4.01. The Morgan fingerprint density at radius 1 is 1.47 bits per heavy atom. The van der Waals surface area contributed by atoms with Crippen molar-refractivity contribution >= 4 is 29.7 Å². The van der Waals surface area contributed by atoms with E-state index in [4.69, 9.17) is 5.73 Å². The molecule has 98 valence electrons. The van der Waals surface area contributed by atoms with Crippen molar-refractivity contribution in [3.8, 4) is 0 Å². The summed E-state index contributed by atoms with van der Waals surface area (Å²) < 4.78 is 0.